The largest absolute Gasteiger partial charge is 0.330 e. The summed E-state index contributed by atoms with van der Waals surface area (Å²) in [5.41, 5.74) is -0.632. The predicted octanol–water partition coefficient (Wildman–Crippen LogP) is 1.44. The number of hydrogen-bond acceptors (Lipinski definition) is 5. The molecule has 2 aromatic carbocycles. The number of para-hydroxylation sites is 2. The second kappa shape index (κ2) is 5.66. The fourth-order valence-corrected chi connectivity index (χ4v) is 5.54. The van der Waals surface area contributed by atoms with E-state index in [1.807, 2.05) is 0 Å². The fourth-order valence-electron chi connectivity index (χ4n) is 5.54. The van der Waals surface area contributed by atoms with Gasteiger partial charge < -0.3 is 4.90 Å². The van der Waals surface area contributed by atoms with Crippen molar-refractivity contribution in [1.82, 2.24) is 14.5 Å². The minimum Gasteiger partial charge on any atom is -0.330 e. The highest BCUT2D eigenvalue weighted by molar-refractivity contribution is 6.24. The summed E-state index contributed by atoms with van der Waals surface area (Å²) in [5.74, 6) is -2.60. The Morgan fingerprint density at radius 2 is 1.55 bits per heavy atom. The summed E-state index contributed by atoms with van der Waals surface area (Å²) in [6, 6.07) is 14.5. The third-order valence-electron chi connectivity index (χ3n) is 7.13. The first-order chi connectivity index (χ1) is 14.9. The molecule has 0 aliphatic carbocycles. The average molecular weight is 414 g/mol. The highest BCUT2D eigenvalue weighted by Gasteiger charge is 2.71. The lowest BCUT2D eigenvalue weighted by Gasteiger charge is -2.55. The quantitative estimate of drug-likeness (QED) is 0.562. The van der Waals surface area contributed by atoms with Crippen LogP contribution in [0.3, 0.4) is 0 Å². The molecule has 0 radical (unpaired) electrons. The number of hydrogen-bond donors (Lipinski definition) is 0. The molecule has 0 spiro atoms. The topological polar surface area (TPSA) is 92.6 Å². The van der Waals surface area contributed by atoms with Gasteiger partial charge in [0.2, 0.25) is 17.7 Å². The summed E-state index contributed by atoms with van der Waals surface area (Å²) in [5, 5.41) is 0.381. The number of anilines is 1. The van der Waals surface area contributed by atoms with Crippen molar-refractivity contribution in [1.29, 1.82) is 0 Å². The minimum atomic E-state index is -1.23. The molecule has 0 N–H and O–H groups in total. The van der Waals surface area contributed by atoms with Gasteiger partial charge in [-0.3, -0.25) is 23.7 Å². The first-order valence-electron chi connectivity index (χ1n) is 10.1. The molecule has 2 saturated heterocycles. The number of likely N-dealkylation sites (N-methyl/N-ethyl adjacent to an activating group) is 1. The smallest absolute Gasteiger partial charge is 0.262 e. The maximum Gasteiger partial charge on any atom is 0.262 e. The Labute approximate surface area is 176 Å². The zero-order valence-electron chi connectivity index (χ0n) is 16.9. The number of fused-ring (bicyclic) bond motifs is 2. The molecule has 0 saturated carbocycles. The molecule has 3 aromatic rings. The highest BCUT2D eigenvalue weighted by atomic mass is 16.2. The molecule has 4 aliphatic rings. The number of carbonyl (C=O) groups excluding carboxylic acids is 3. The Bertz CT molecular complexity index is 1380. The standard InChI is InChI=1S/C23H18N4O4/c1-23-16-15(19(29)26(20(16)30)12-8-4-3-5-9-12)17(21(31)25(23)2)27-18(28)13-10-6-7-11-14(13)24-22(23)27/h3-11,15-17H,1-2H3/t15-,16-,17-,23+/m0/s1. The molecule has 2 fully saturated rings. The Morgan fingerprint density at radius 1 is 0.871 bits per heavy atom. The number of imide groups is 1. The molecule has 31 heavy (non-hydrogen) atoms. The van der Waals surface area contributed by atoms with E-state index in [1.54, 1.807) is 68.6 Å². The predicted molar refractivity (Wildman–Crippen MR) is 111 cm³/mol. The van der Waals surface area contributed by atoms with E-state index < -0.39 is 29.3 Å². The molecule has 5 heterocycles. The Morgan fingerprint density at radius 3 is 2.29 bits per heavy atom. The van der Waals surface area contributed by atoms with Crippen LogP contribution in [0.15, 0.2) is 59.4 Å². The van der Waals surface area contributed by atoms with Gasteiger partial charge in [0.1, 0.15) is 17.4 Å². The molecule has 7 rings (SSSR count). The van der Waals surface area contributed by atoms with Crippen molar-refractivity contribution in [2.45, 2.75) is 18.5 Å². The first-order valence-corrected chi connectivity index (χ1v) is 10.1. The number of carbonyl (C=O) groups is 3. The van der Waals surface area contributed by atoms with E-state index in [0.717, 1.165) is 4.90 Å². The Kier molecular flexibility index (Phi) is 3.29. The molecule has 8 nitrogen and oxygen atoms in total. The summed E-state index contributed by atoms with van der Waals surface area (Å²) in [6.45, 7) is 1.73. The van der Waals surface area contributed by atoms with Gasteiger partial charge in [0.05, 0.1) is 28.4 Å². The third-order valence-corrected chi connectivity index (χ3v) is 7.13. The second-order valence-electron chi connectivity index (χ2n) is 8.47. The number of amides is 3. The molecule has 154 valence electrons. The van der Waals surface area contributed by atoms with Crippen LogP contribution in [0.1, 0.15) is 18.8 Å². The first kappa shape index (κ1) is 18.0. The summed E-state index contributed by atoms with van der Waals surface area (Å²) in [7, 11) is 1.61. The van der Waals surface area contributed by atoms with Crippen molar-refractivity contribution >= 4 is 34.3 Å². The van der Waals surface area contributed by atoms with Crippen molar-refractivity contribution in [3.05, 3.63) is 70.8 Å². The maximum absolute atomic E-state index is 13.6. The van der Waals surface area contributed by atoms with Gasteiger partial charge in [0.15, 0.2) is 0 Å². The number of benzene rings is 2. The average Bonchev–Trinajstić information content (AvgIpc) is 3.05. The molecular weight excluding hydrogens is 396 g/mol. The van der Waals surface area contributed by atoms with Gasteiger partial charge >= 0.3 is 0 Å². The van der Waals surface area contributed by atoms with E-state index in [0.29, 0.717) is 22.4 Å². The van der Waals surface area contributed by atoms with Crippen LogP contribution < -0.4 is 10.5 Å². The van der Waals surface area contributed by atoms with Crippen LogP contribution in [0.2, 0.25) is 0 Å². The minimum absolute atomic E-state index is 0.348. The van der Waals surface area contributed by atoms with Gasteiger partial charge in [0.25, 0.3) is 5.56 Å². The summed E-state index contributed by atoms with van der Waals surface area (Å²) in [4.78, 5) is 61.3. The van der Waals surface area contributed by atoms with Gasteiger partial charge in [0, 0.05) is 7.05 Å². The monoisotopic (exact) mass is 414 g/mol. The Hall–Kier alpha value is -3.81. The van der Waals surface area contributed by atoms with Crippen LogP contribution in [-0.4, -0.2) is 39.2 Å². The van der Waals surface area contributed by atoms with Crippen LogP contribution in [0.25, 0.3) is 10.9 Å². The summed E-state index contributed by atoms with van der Waals surface area (Å²) < 4.78 is 1.35. The van der Waals surface area contributed by atoms with Crippen molar-refractivity contribution in [2.24, 2.45) is 11.8 Å². The van der Waals surface area contributed by atoms with E-state index in [9.17, 15) is 19.2 Å². The van der Waals surface area contributed by atoms with Gasteiger partial charge in [-0.05, 0) is 31.2 Å². The van der Waals surface area contributed by atoms with Crippen LogP contribution in [0, 0.1) is 11.8 Å². The summed E-state index contributed by atoms with van der Waals surface area (Å²) in [6.07, 6.45) is 0. The zero-order valence-corrected chi connectivity index (χ0v) is 16.9. The van der Waals surface area contributed by atoms with Gasteiger partial charge in [-0.2, -0.15) is 0 Å². The molecule has 3 amide bonds. The SMILES string of the molecule is CN1C(=O)[C@@H]2[C@H]3C(=O)N(c4ccccc4)C(=O)[C@H]3[C@]1(C)c1nc3ccccc3c(=O)n12. The molecule has 4 atom stereocenters. The lowest BCUT2D eigenvalue weighted by Crippen LogP contribution is -2.69. The van der Waals surface area contributed by atoms with Crippen LogP contribution in [0.5, 0.6) is 0 Å². The number of piperidine rings is 1. The van der Waals surface area contributed by atoms with Crippen LogP contribution in [-0.2, 0) is 19.9 Å². The normalized spacial score (nSPS) is 29.0. The van der Waals surface area contributed by atoms with E-state index in [-0.39, 0.29) is 17.4 Å². The molecular formula is C23H18N4O4. The fraction of sp³-hybridized carbons (Fsp3) is 0.261. The van der Waals surface area contributed by atoms with E-state index >= 15 is 0 Å². The molecule has 1 aromatic heterocycles. The Balaban J connectivity index is 1.66. The number of nitrogens with zero attached hydrogens (tertiary/aromatic N) is 4. The molecule has 0 unspecified atom stereocenters. The van der Waals surface area contributed by atoms with Gasteiger partial charge in [-0.1, -0.05) is 30.3 Å². The van der Waals surface area contributed by atoms with Gasteiger partial charge in [-0.15, -0.1) is 0 Å². The van der Waals surface area contributed by atoms with E-state index in [2.05, 4.69) is 0 Å². The van der Waals surface area contributed by atoms with Crippen molar-refractivity contribution in [2.75, 3.05) is 11.9 Å². The number of aromatic nitrogens is 2. The molecule has 8 heteroatoms. The molecule has 4 aliphatic heterocycles. The summed E-state index contributed by atoms with van der Waals surface area (Å²) >= 11 is 0. The van der Waals surface area contributed by atoms with Crippen molar-refractivity contribution < 1.29 is 14.4 Å². The van der Waals surface area contributed by atoms with Gasteiger partial charge in [-0.25, -0.2) is 9.88 Å². The highest BCUT2D eigenvalue weighted by Crippen LogP contribution is 2.56. The molecule has 2 bridgehead atoms. The second-order valence-corrected chi connectivity index (χ2v) is 8.47. The number of rotatable bonds is 1. The van der Waals surface area contributed by atoms with Crippen LogP contribution in [0.4, 0.5) is 5.69 Å². The van der Waals surface area contributed by atoms with E-state index in [4.69, 9.17) is 4.98 Å². The van der Waals surface area contributed by atoms with Crippen molar-refractivity contribution in [3.8, 4) is 0 Å². The zero-order chi connectivity index (χ0) is 21.7. The van der Waals surface area contributed by atoms with E-state index in [1.165, 1.54) is 9.47 Å². The van der Waals surface area contributed by atoms with Crippen molar-refractivity contribution in [3.63, 3.8) is 0 Å². The maximum atomic E-state index is 13.6. The van der Waals surface area contributed by atoms with Crippen LogP contribution >= 0.6 is 0 Å². The third kappa shape index (κ3) is 1.93. The lowest BCUT2D eigenvalue weighted by atomic mass is 9.66. The lowest BCUT2D eigenvalue weighted by molar-refractivity contribution is -0.166.